The summed E-state index contributed by atoms with van der Waals surface area (Å²) in [5.74, 6) is 0.305. The van der Waals surface area contributed by atoms with Gasteiger partial charge in [-0.3, -0.25) is 4.79 Å². The number of likely N-dealkylation sites (tertiary alicyclic amines) is 1. The number of aryl methyl sites for hydroxylation is 1. The van der Waals surface area contributed by atoms with Crippen molar-refractivity contribution in [3.8, 4) is 0 Å². The van der Waals surface area contributed by atoms with Gasteiger partial charge in [-0.05, 0) is 54.9 Å². The Morgan fingerprint density at radius 1 is 1.32 bits per heavy atom. The number of hydrogen-bond acceptors (Lipinski definition) is 5. The maximum absolute atomic E-state index is 13.2. The van der Waals surface area contributed by atoms with E-state index in [2.05, 4.69) is 20.8 Å². The summed E-state index contributed by atoms with van der Waals surface area (Å²) in [5, 5.41) is 14.8. The molecular formula is C17H23FN6O. The standard InChI is InChI=1S/C17H23FN6O/c1-12-20-21-22-24(12)16(11-13-3-5-14(18)6-4-13)17(25)23-9-7-15(19-2)8-10-23/h3-6,15-16,19H,7-11H2,1-2H3. The van der Waals surface area contributed by atoms with Gasteiger partial charge in [0.25, 0.3) is 0 Å². The minimum absolute atomic E-state index is 0.00859. The van der Waals surface area contributed by atoms with E-state index >= 15 is 0 Å². The van der Waals surface area contributed by atoms with Gasteiger partial charge in [0.15, 0.2) is 0 Å². The van der Waals surface area contributed by atoms with Crippen LogP contribution < -0.4 is 5.32 Å². The van der Waals surface area contributed by atoms with Gasteiger partial charge >= 0.3 is 0 Å². The summed E-state index contributed by atoms with van der Waals surface area (Å²) in [4.78, 5) is 15.0. The van der Waals surface area contributed by atoms with Gasteiger partial charge in [0.1, 0.15) is 17.7 Å². The molecule has 1 aliphatic heterocycles. The maximum atomic E-state index is 13.2. The molecule has 1 amide bonds. The van der Waals surface area contributed by atoms with Gasteiger partial charge < -0.3 is 10.2 Å². The summed E-state index contributed by atoms with van der Waals surface area (Å²) in [5.41, 5.74) is 0.875. The molecule has 1 aromatic carbocycles. The van der Waals surface area contributed by atoms with Gasteiger partial charge in [0.05, 0.1) is 0 Å². The molecule has 1 unspecified atom stereocenters. The SMILES string of the molecule is CNC1CCN(C(=O)C(Cc2ccc(F)cc2)n2nnnc2C)CC1. The quantitative estimate of drug-likeness (QED) is 0.878. The molecule has 0 bridgehead atoms. The number of carbonyl (C=O) groups excluding carboxylic acids is 1. The van der Waals surface area contributed by atoms with Crippen LogP contribution >= 0.6 is 0 Å². The third-order valence-corrected chi connectivity index (χ3v) is 4.79. The molecule has 134 valence electrons. The zero-order valence-electron chi connectivity index (χ0n) is 14.5. The Morgan fingerprint density at radius 3 is 2.56 bits per heavy atom. The van der Waals surface area contributed by atoms with Crippen LogP contribution in [0.3, 0.4) is 0 Å². The van der Waals surface area contributed by atoms with E-state index in [0.29, 0.717) is 31.4 Å². The van der Waals surface area contributed by atoms with E-state index in [4.69, 9.17) is 0 Å². The van der Waals surface area contributed by atoms with Crippen LogP contribution in [0.4, 0.5) is 4.39 Å². The summed E-state index contributed by atoms with van der Waals surface area (Å²) >= 11 is 0. The van der Waals surface area contributed by atoms with Gasteiger partial charge in [0, 0.05) is 25.6 Å². The third kappa shape index (κ3) is 4.01. The van der Waals surface area contributed by atoms with Crippen LogP contribution in [0.1, 0.15) is 30.3 Å². The number of nitrogens with zero attached hydrogens (tertiary/aromatic N) is 5. The number of carbonyl (C=O) groups is 1. The van der Waals surface area contributed by atoms with Crippen molar-refractivity contribution in [1.82, 2.24) is 30.4 Å². The average Bonchev–Trinajstić information content (AvgIpc) is 3.06. The molecular weight excluding hydrogens is 323 g/mol. The van der Waals surface area contributed by atoms with Gasteiger partial charge in [-0.1, -0.05) is 12.1 Å². The topological polar surface area (TPSA) is 75.9 Å². The Labute approximate surface area is 146 Å². The van der Waals surface area contributed by atoms with E-state index in [1.807, 2.05) is 11.9 Å². The van der Waals surface area contributed by atoms with Crippen molar-refractivity contribution in [1.29, 1.82) is 0 Å². The van der Waals surface area contributed by atoms with E-state index in [1.54, 1.807) is 23.7 Å². The highest BCUT2D eigenvalue weighted by molar-refractivity contribution is 5.80. The predicted molar refractivity (Wildman–Crippen MR) is 90.4 cm³/mol. The van der Waals surface area contributed by atoms with Crippen molar-refractivity contribution in [2.24, 2.45) is 0 Å². The number of rotatable bonds is 5. The number of amides is 1. The van der Waals surface area contributed by atoms with E-state index in [9.17, 15) is 9.18 Å². The van der Waals surface area contributed by atoms with Gasteiger partial charge in [-0.25, -0.2) is 9.07 Å². The lowest BCUT2D eigenvalue weighted by atomic mass is 10.0. The molecule has 0 radical (unpaired) electrons. The van der Waals surface area contributed by atoms with Crippen LogP contribution in [-0.4, -0.2) is 57.2 Å². The fraction of sp³-hybridized carbons (Fsp3) is 0.529. The zero-order chi connectivity index (χ0) is 17.8. The van der Waals surface area contributed by atoms with E-state index in [1.165, 1.54) is 12.1 Å². The highest BCUT2D eigenvalue weighted by atomic mass is 19.1. The number of tetrazole rings is 1. The molecule has 0 spiro atoms. The van der Waals surface area contributed by atoms with E-state index < -0.39 is 6.04 Å². The molecule has 1 aliphatic rings. The first kappa shape index (κ1) is 17.5. The molecule has 0 aliphatic carbocycles. The van der Waals surface area contributed by atoms with Crippen LogP contribution in [0.2, 0.25) is 0 Å². The Morgan fingerprint density at radius 2 is 2.00 bits per heavy atom. The minimum atomic E-state index is -0.522. The highest BCUT2D eigenvalue weighted by Gasteiger charge is 2.31. The van der Waals surface area contributed by atoms with Gasteiger partial charge in [-0.15, -0.1) is 5.10 Å². The first-order valence-electron chi connectivity index (χ1n) is 8.53. The predicted octanol–water partition coefficient (Wildman–Crippen LogP) is 1.11. The maximum Gasteiger partial charge on any atom is 0.247 e. The number of piperidine rings is 1. The number of benzene rings is 1. The molecule has 0 saturated carbocycles. The normalized spacial score (nSPS) is 16.8. The van der Waals surface area contributed by atoms with Crippen molar-refractivity contribution in [2.75, 3.05) is 20.1 Å². The lowest BCUT2D eigenvalue weighted by molar-refractivity contribution is -0.136. The lowest BCUT2D eigenvalue weighted by Gasteiger charge is -2.34. The summed E-state index contributed by atoms with van der Waals surface area (Å²) in [6, 6.07) is 6.13. The monoisotopic (exact) mass is 346 g/mol. The van der Waals surface area contributed by atoms with E-state index in [0.717, 1.165) is 18.4 Å². The Bertz CT molecular complexity index is 708. The minimum Gasteiger partial charge on any atom is -0.341 e. The van der Waals surface area contributed by atoms with Crippen molar-refractivity contribution in [2.45, 2.75) is 38.3 Å². The van der Waals surface area contributed by atoms with Crippen LogP contribution in [0.5, 0.6) is 0 Å². The summed E-state index contributed by atoms with van der Waals surface area (Å²) < 4.78 is 14.7. The average molecular weight is 346 g/mol. The summed E-state index contributed by atoms with van der Waals surface area (Å²) in [7, 11) is 1.95. The van der Waals surface area contributed by atoms with Crippen LogP contribution in [-0.2, 0) is 11.2 Å². The molecule has 1 N–H and O–H groups in total. The van der Waals surface area contributed by atoms with E-state index in [-0.39, 0.29) is 11.7 Å². The van der Waals surface area contributed by atoms with Crippen molar-refractivity contribution >= 4 is 5.91 Å². The zero-order valence-corrected chi connectivity index (χ0v) is 14.5. The number of nitrogens with one attached hydrogen (secondary N) is 1. The number of aromatic nitrogens is 4. The van der Waals surface area contributed by atoms with Gasteiger partial charge in [-0.2, -0.15) is 0 Å². The molecule has 25 heavy (non-hydrogen) atoms. The third-order valence-electron chi connectivity index (χ3n) is 4.79. The fourth-order valence-electron chi connectivity index (χ4n) is 3.25. The second kappa shape index (κ2) is 7.69. The summed E-state index contributed by atoms with van der Waals surface area (Å²) in [6.45, 7) is 3.20. The van der Waals surface area contributed by atoms with Gasteiger partial charge in [0.2, 0.25) is 5.91 Å². The number of hydrogen-bond donors (Lipinski definition) is 1. The first-order valence-corrected chi connectivity index (χ1v) is 8.53. The van der Waals surface area contributed by atoms with Crippen LogP contribution in [0.25, 0.3) is 0 Å². The Kier molecular flexibility index (Phi) is 5.37. The highest BCUT2D eigenvalue weighted by Crippen LogP contribution is 2.21. The second-order valence-electron chi connectivity index (χ2n) is 6.41. The molecule has 7 nitrogen and oxygen atoms in total. The molecule has 1 saturated heterocycles. The Hall–Kier alpha value is -2.35. The van der Waals surface area contributed by atoms with Crippen molar-refractivity contribution in [3.63, 3.8) is 0 Å². The molecule has 3 rings (SSSR count). The van der Waals surface area contributed by atoms with Crippen LogP contribution in [0.15, 0.2) is 24.3 Å². The molecule has 2 aromatic rings. The summed E-state index contributed by atoms with van der Waals surface area (Å²) in [6.07, 6.45) is 2.29. The molecule has 1 aromatic heterocycles. The molecule has 2 heterocycles. The molecule has 1 atom stereocenters. The van der Waals surface area contributed by atoms with Crippen molar-refractivity contribution in [3.05, 3.63) is 41.5 Å². The molecule has 8 heteroatoms. The number of halogens is 1. The second-order valence-corrected chi connectivity index (χ2v) is 6.41. The first-order chi connectivity index (χ1) is 12.1. The smallest absolute Gasteiger partial charge is 0.247 e. The van der Waals surface area contributed by atoms with Crippen LogP contribution in [0, 0.1) is 12.7 Å². The fourth-order valence-corrected chi connectivity index (χ4v) is 3.25. The lowest BCUT2D eigenvalue weighted by Crippen LogP contribution is -2.47. The molecule has 1 fully saturated rings. The largest absolute Gasteiger partial charge is 0.341 e. The Balaban J connectivity index is 1.80. The van der Waals surface area contributed by atoms with Crippen molar-refractivity contribution < 1.29 is 9.18 Å².